The average Bonchev–Trinajstić information content (AvgIpc) is 3.21. The highest BCUT2D eigenvalue weighted by Crippen LogP contribution is 2.30. The van der Waals surface area contributed by atoms with E-state index >= 15 is 0 Å². The van der Waals surface area contributed by atoms with Crippen LogP contribution in [-0.4, -0.2) is 57.9 Å². The minimum Gasteiger partial charge on any atom is -0.383 e. The maximum atomic E-state index is 14.5. The van der Waals surface area contributed by atoms with E-state index in [1.165, 1.54) is 17.3 Å². The number of aromatic amines is 1. The van der Waals surface area contributed by atoms with E-state index in [1.807, 2.05) is 0 Å². The number of aromatic nitrogens is 5. The first kappa shape index (κ1) is 17.0. The maximum Gasteiger partial charge on any atom is 0.247 e. The number of amides is 1. The Morgan fingerprint density at radius 3 is 2.96 bits per heavy atom. The van der Waals surface area contributed by atoms with Gasteiger partial charge in [-0.05, 0) is 12.1 Å². The number of anilines is 2. The van der Waals surface area contributed by atoms with E-state index in [1.54, 1.807) is 25.4 Å². The molecule has 1 aliphatic heterocycles. The van der Waals surface area contributed by atoms with Crippen LogP contribution in [0.4, 0.5) is 16.0 Å². The van der Waals surface area contributed by atoms with Crippen molar-refractivity contribution >= 4 is 17.5 Å². The molecule has 2 aromatic heterocycles. The second-order valence-electron chi connectivity index (χ2n) is 5.85. The van der Waals surface area contributed by atoms with Crippen molar-refractivity contribution in [3.05, 3.63) is 36.5 Å². The third kappa shape index (κ3) is 3.22. The molecule has 0 radical (unpaired) electrons. The zero-order valence-electron chi connectivity index (χ0n) is 14.4. The first-order valence-corrected chi connectivity index (χ1v) is 8.23. The minimum absolute atomic E-state index is 0.127. The number of hydrogen-bond acceptors (Lipinski definition) is 7. The number of nitrogens with one attached hydrogen (secondary N) is 2. The molecule has 2 N–H and O–H groups in total. The molecule has 0 bridgehead atoms. The molecule has 1 amide bonds. The van der Waals surface area contributed by atoms with Crippen LogP contribution < -0.4 is 10.2 Å². The molecule has 0 fully saturated rings. The summed E-state index contributed by atoms with van der Waals surface area (Å²) in [5.41, 5.74) is 1.30. The molecule has 138 valence electrons. The number of benzene rings is 1. The molecule has 0 aliphatic carbocycles. The normalized spacial score (nSPS) is 13.4. The van der Waals surface area contributed by atoms with Crippen LogP contribution in [-0.2, 0) is 9.53 Å². The fraction of sp³-hybridized carbons (Fsp3) is 0.235. The number of rotatable bonds is 5. The highest BCUT2D eigenvalue weighted by Gasteiger charge is 2.26. The molecular formula is C17H16FN7O2. The highest BCUT2D eigenvalue weighted by molar-refractivity contribution is 6.00. The molecule has 1 aromatic carbocycles. The second kappa shape index (κ2) is 7.08. The average molecular weight is 369 g/mol. The van der Waals surface area contributed by atoms with E-state index < -0.39 is 5.82 Å². The molecule has 9 nitrogen and oxygen atoms in total. The van der Waals surface area contributed by atoms with Crippen LogP contribution >= 0.6 is 0 Å². The van der Waals surface area contributed by atoms with Crippen LogP contribution in [0, 0.1) is 5.82 Å². The topological polar surface area (TPSA) is 109 Å². The van der Waals surface area contributed by atoms with Gasteiger partial charge in [-0.25, -0.2) is 19.3 Å². The Labute approximate surface area is 153 Å². The molecule has 4 rings (SSSR count). The number of carbonyl (C=O) groups is 1. The quantitative estimate of drug-likeness (QED) is 0.701. The Morgan fingerprint density at radius 1 is 1.33 bits per heavy atom. The molecule has 1 aliphatic rings. The van der Waals surface area contributed by atoms with Crippen LogP contribution in [0.25, 0.3) is 22.6 Å². The zero-order chi connectivity index (χ0) is 18.8. The van der Waals surface area contributed by atoms with Gasteiger partial charge in [0.05, 0.1) is 37.2 Å². The maximum absolute atomic E-state index is 14.5. The monoisotopic (exact) mass is 369 g/mol. The van der Waals surface area contributed by atoms with Crippen molar-refractivity contribution in [2.75, 3.05) is 37.0 Å². The molecule has 0 saturated heterocycles. The van der Waals surface area contributed by atoms with Crippen LogP contribution in [0.1, 0.15) is 0 Å². The molecule has 0 atom stereocenters. The van der Waals surface area contributed by atoms with Gasteiger partial charge < -0.3 is 10.1 Å². The Kier molecular flexibility index (Phi) is 4.47. The fourth-order valence-electron chi connectivity index (χ4n) is 2.82. The number of carbonyl (C=O) groups excluding carboxylic acids is 1. The van der Waals surface area contributed by atoms with Crippen molar-refractivity contribution < 1.29 is 13.9 Å². The predicted octanol–water partition coefficient (Wildman–Crippen LogP) is 1.47. The lowest BCUT2D eigenvalue weighted by Gasteiger charge is -2.28. The van der Waals surface area contributed by atoms with Crippen molar-refractivity contribution in [3.8, 4) is 22.6 Å². The number of hydrogen-bond donors (Lipinski definition) is 2. The highest BCUT2D eigenvalue weighted by atomic mass is 19.1. The molecule has 10 heteroatoms. The van der Waals surface area contributed by atoms with Gasteiger partial charge in [0.2, 0.25) is 5.91 Å². The predicted molar refractivity (Wildman–Crippen MR) is 95.5 cm³/mol. The van der Waals surface area contributed by atoms with E-state index in [0.29, 0.717) is 47.4 Å². The SMILES string of the molecule is COCCN1C(=O)CNc2ncc(-c3ccc(-c4ncn[nH]4)c(F)c3)nc21. The Morgan fingerprint density at radius 2 is 2.22 bits per heavy atom. The standard InChI is InChI=1S/C17H16FN7O2/c1-27-5-4-25-14(26)8-20-16-17(25)23-13(7-19-16)10-2-3-11(12(18)6-10)15-21-9-22-24-15/h2-3,6-7,9H,4-5,8H2,1H3,(H,19,20)(H,21,22,24). The fourth-order valence-corrected chi connectivity index (χ4v) is 2.82. The third-order valence-corrected chi connectivity index (χ3v) is 4.17. The van der Waals surface area contributed by atoms with E-state index in [4.69, 9.17) is 4.74 Å². The van der Waals surface area contributed by atoms with Crippen molar-refractivity contribution in [2.24, 2.45) is 0 Å². The summed E-state index contributed by atoms with van der Waals surface area (Å²) >= 11 is 0. The lowest BCUT2D eigenvalue weighted by molar-refractivity contribution is -0.117. The number of methoxy groups -OCH3 is 1. The summed E-state index contributed by atoms with van der Waals surface area (Å²) in [7, 11) is 1.56. The third-order valence-electron chi connectivity index (χ3n) is 4.17. The summed E-state index contributed by atoms with van der Waals surface area (Å²) in [6, 6.07) is 4.67. The summed E-state index contributed by atoms with van der Waals surface area (Å²) in [6.45, 7) is 0.879. The summed E-state index contributed by atoms with van der Waals surface area (Å²) < 4.78 is 19.6. The molecule has 0 spiro atoms. The van der Waals surface area contributed by atoms with Gasteiger partial charge in [-0.15, -0.1) is 0 Å². The van der Waals surface area contributed by atoms with E-state index in [9.17, 15) is 9.18 Å². The summed E-state index contributed by atoms with van der Waals surface area (Å²) in [4.78, 5) is 26.5. The number of H-pyrrole nitrogens is 1. The van der Waals surface area contributed by atoms with E-state index in [-0.39, 0.29) is 12.5 Å². The molecule has 0 saturated carbocycles. The van der Waals surface area contributed by atoms with Crippen LogP contribution in [0.2, 0.25) is 0 Å². The van der Waals surface area contributed by atoms with Crippen LogP contribution in [0.15, 0.2) is 30.7 Å². The Bertz CT molecular complexity index is 977. The molecular weight excluding hydrogens is 353 g/mol. The second-order valence-corrected chi connectivity index (χ2v) is 5.85. The summed E-state index contributed by atoms with van der Waals surface area (Å²) in [5.74, 6) is 0.664. The van der Waals surface area contributed by atoms with E-state index in [2.05, 4.69) is 30.5 Å². The van der Waals surface area contributed by atoms with Crippen molar-refractivity contribution in [1.82, 2.24) is 25.1 Å². The molecule has 27 heavy (non-hydrogen) atoms. The molecule has 3 heterocycles. The van der Waals surface area contributed by atoms with Gasteiger partial charge in [-0.3, -0.25) is 14.8 Å². The van der Waals surface area contributed by atoms with E-state index in [0.717, 1.165) is 0 Å². The number of ether oxygens (including phenoxy) is 1. The van der Waals surface area contributed by atoms with Gasteiger partial charge >= 0.3 is 0 Å². The summed E-state index contributed by atoms with van der Waals surface area (Å²) in [5, 5.41) is 9.30. The van der Waals surface area contributed by atoms with Crippen LogP contribution in [0.5, 0.6) is 0 Å². The number of halogens is 1. The first-order chi connectivity index (χ1) is 13.2. The van der Waals surface area contributed by atoms with Crippen molar-refractivity contribution in [2.45, 2.75) is 0 Å². The minimum atomic E-state index is -0.464. The largest absolute Gasteiger partial charge is 0.383 e. The van der Waals surface area contributed by atoms with Gasteiger partial charge in [0, 0.05) is 12.7 Å². The smallest absolute Gasteiger partial charge is 0.247 e. The van der Waals surface area contributed by atoms with Crippen molar-refractivity contribution in [1.29, 1.82) is 0 Å². The van der Waals surface area contributed by atoms with Gasteiger partial charge in [0.1, 0.15) is 12.1 Å². The van der Waals surface area contributed by atoms with Crippen LogP contribution in [0.3, 0.4) is 0 Å². The van der Waals surface area contributed by atoms with Gasteiger partial charge in [-0.1, -0.05) is 6.07 Å². The molecule has 0 unspecified atom stereocenters. The lowest BCUT2D eigenvalue weighted by Crippen LogP contribution is -2.42. The van der Waals surface area contributed by atoms with Gasteiger partial charge in [0.25, 0.3) is 0 Å². The first-order valence-electron chi connectivity index (χ1n) is 8.23. The lowest BCUT2D eigenvalue weighted by atomic mass is 10.1. The van der Waals surface area contributed by atoms with Gasteiger partial charge in [-0.2, -0.15) is 5.10 Å². The zero-order valence-corrected chi connectivity index (χ0v) is 14.4. The number of fused-ring (bicyclic) bond motifs is 1. The Hall–Kier alpha value is -3.40. The Balaban J connectivity index is 1.70. The summed E-state index contributed by atoms with van der Waals surface area (Å²) in [6.07, 6.45) is 2.86. The number of nitrogens with zero attached hydrogens (tertiary/aromatic N) is 5. The molecule has 3 aromatic rings. The van der Waals surface area contributed by atoms with Gasteiger partial charge in [0.15, 0.2) is 17.5 Å². The van der Waals surface area contributed by atoms with Crippen molar-refractivity contribution in [3.63, 3.8) is 0 Å².